The molecule has 1 aromatic heterocycles. The third kappa shape index (κ3) is 3.50. The molecule has 1 heterocycles. The van der Waals surface area contributed by atoms with Crippen LogP contribution in [0.2, 0.25) is 0 Å². The number of pyridine rings is 1. The second-order valence-electron chi connectivity index (χ2n) is 2.95. The van der Waals surface area contributed by atoms with E-state index in [-0.39, 0.29) is 0 Å². The number of carbonyl (C=O) groups is 1. The molecule has 0 unspecified atom stereocenters. The van der Waals surface area contributed by atoms with Crippen molar-refractivity contribution in [2.75, 3.05) is 6.61 Å². The maximum atomic E-state index is 12.8. The highest BCUT2D eigenvalue weighted by Gasteiger charge is 1.99. The Bertz CT molecular complexity index is 388. The van der Waals surface area contributed by atoms with Crippen LogP contribution in [0.5, 0.6) is 0 Å². The fourth-order valence-electron chi connectivity index (χ4n) is 1.04. The summed E-state index contributed by atoms with van der Waals surface area (Å²) < 4.78 is 17.5. The highest BCUT2D eigenvalue weighted by molar-refractivity contribution is 5.87. The molecule has 0 atom stereocenters. The SMILES string of the molecule is CCOC(=O)C=Cc1cc(F)ncc1C. The molecular weight excluding hydrogens is 197 g/mol. The number of nitrogens with zero attached hydrogens (tertiary/aromatic N) is 1. The minimum Gasteiger partial charge on any atom is -0.463 e. The average Bonchev–Trinajstić information content (AvgIpc) is 2.20. The van der Waals surface area contributed by atoms with E-state index < -0.39 is 11.9 Å². The van der Waals surface area contributed by atoms with E-state index in [4.69, 9.17) is 4.74 Å². The van der Waals surface area contributed by atoms with Gasteiger partial charge in [-0.05, 0) is 31.1 Å². The fourth-order valence-corrected chi connectivity index (χ4v) is 1.04. The topological polar surface area (TPSA) is 39.2 Å². The Labute approximate surface area is 87.6 Å². The predicted molar refractivity (Wildman–Crippen MR) is 54.6 cm³/mol. The first kappa shape index (κ1) is 11.4. The van der Waals surface area contributed by atoms with Gasteiger partial charge in [0.15, 0.2) is 0 Å². The van der Waals surface area contributed by atoms with Crippen molar-refractivity contribution >= 4 is 12.0 Å². The normalized spacial score (nSPS) is 10.6. The average molecular weight is 209 g/mol. The molecule has 0 aliphatic rings. The smallest absolute Gasteiger partial charge is 0.330 e. The van der Waals surface area contributed by atoms with E-state index in [9.17, 15) is 9.18 Å². The number of hydrogen-bond donors (Lipinski definition) is 0. The minimum absolute atomic E-state index is 0.326. The monoisotopic (exact) mass is 209 g/mol. The number of rotatable bonds is 3. The first-order valence-electron chi connectivity index (χ1n) is 4.60. The number of aryl methyl sites for hydroxylation is 1. The van der Waals surface area contributed by atoms with Crippen LogP contribution in [0.15, 0.2) is 18.3 Å². The molecule has 15 heavy (non-hydrogen) atoms. The zero-order chi connectivity index (χ0) is 11.3. The molecule has 1 rings (SSSR count). The summed E-state index contributed by atoms with van der Waals surface area (Å²) in [6.07, 6.45) is 4.20. The van der Waals surface area contributed by atoms with Crippen molar-refractivity contribution < 1.29 is 13.9 Å². The summed E-state index contributed by atoms with van der Waals surface area (Å²) in [5.74, 6) is -1.00. The fraction of sp³-hybridized carbons (Fsp3) is 0.273. The van der Waals surface area contributed by atoms with Gasteiger partial charge in [-0.15, -0.1) is 0 Å². The molecule has 3 nitrogen and oxygen atoms in total. The maximum absolute atomic E-state index is 12.8. The Kier molecular flexibility index (Phi) is 3.97. The second kappa shape index (κ2) is 5.24. The molecule has 0 amide bonds. The molecule has 0 aromatic carbocycles. The van der Waals surface area contributed by atoms with Crippen LogP contribution in [0.4, 0.5) is 4.39 Å². The highest BCUT2D eigenvalue weighted by atomic mass is 19.1. The van der Waals surface area contributed by atoms with Gasteiger partial charge in [-0.25, -0.2) is 9.78 Å². The van der Waals surface area contributed by atoms with Crippen LogP contribution in [-0.4, -0.2) is 17.6 Å². The van der Waals surface area contributed by atoms with Crippen molar-refractivity contribution in [3.8, 4) is 0 Å². The zero-order valence-corrected chi connectivity index (χ0v) is 8.66. The van der Waals surface area contributed by atoms with E-state index in [0.717, 1.165) is 5.56 Å². The van der Waals surface area contributed by atoms with Gasteiger partial charge in [0.25, 0.3) is 0 Å². The van der Waals surface area contributed by atoms with Crippen molar-refractivity contribution in [1.29, 1.82) is 0 Å². The largest absolute Gasteiger partial charge is 0.463 e. The Morgan fingerprint density at radius 3 is 3.07 bits per heavy atom. The van der Waals surface area contributed by atoms with Crippen LogP contribution in [0.1, 0.15) is 18.1 Å². The van der Waals surface area contributed by atoms with E-state index >= 15 is 0 Å². The molecule has 4 heteroatoms. The maximum Gasteiger partial charge on any atom is 0.330 e. The van der Waals surface area contributed by atoms with Crippen LogP contribution in [0, 0.1) is 12.9 Å². The molecular formula is C11H12FNO2. The van der Waals surface area contributed by atoms with Gasteiger partial charge in [0.05, 0.1) is 6.61 Å². The first-order chi connectivity index (χ1) is 7.13. The Hall–Kier alpha value is -1.71. The van der Waals surface area contributed by atoms with E-state index in [1.165, 1.54) is 24.4 Å². The molecule has 1 aromatic rings. The summed E-state index contributed by atoms with van der Waals surface area (Å²) in [6.45, 7) is 3.84. The molecule has 0 spiro atoms. The molecule has 0 N–H and O–H groups in total. The number of aromatic nitrogens is 1. The summed E-state index contributed by atoms with van der Waals surface area (Å²) in [5, 5.41) is 0. The van der Waals surface area contributed by atoms with Crippen LogP contribution >= 0.6 is 0 Å². The van der Waals surface area contributed by atoms with E-state index in [0.29, 0.717) is 12.2 Å². The molecule has 0 saturated heterocycles. The highest BCUT2D eigenvalue weighted by Crippen LogP contribution is 2.09. The number of ether oxygens (including phenoxy) is 1. The summed E-state index contributed by atoms with van der Waals surface area (Å²) in [5.41, 5.74) is 1.42. The predicted octanol–water partition coefficient (Wildman–Crippen LogP) is 2.11. The van der Waals surface area contributed by atoms with Crippen molar-refractivity contribution in [3.05, 3.63) is 35.4 Å². The third-order valence-electron chi connectivity index (χ3n) is 1.80. The van der Waals surface area contributed by atoms with Crippen LogP contribution < -0.4 is 0 Å². The Morgan fingerprint density at radius 1 is 1.67 bits per heavy atom. The van der Waals surface area contributed by atoms with Crippen LogP contribution in [-0.2, 0) is 9.53 Å². The Balaban J connectivity index is 2.79. The number of halogens is 1. The molecule has 0 radical (unpaired) electrons. The molecule has 0 saturated carbocycles. The quantitative estimate of drug-likeness (QED) is 0.435. The third-order valence-corrected chi connectivity index (χ3v) is 1.80. The van der Waals surface area contributed by atoms with Gasteiger partial charge < -0.3 is 4.74 Å². The number of carbonyl (C=O) groups excluding carboxylic acids is 1. The van der Waals surface area contributed by atoms with Crippen LogP contribution in [0.25, 0.3) is 6.08 Å². The van der Waals surface area contributed by atoms with Gasteiger partial charge >= 0.3 is 5.97 Å². The lowest BCUT2D eigenvalue weighted by Crippen LogP contribution is -1.99. The van der Waals surface area contributed by atoms with Crippen molar-refractivity contribution in [2.24, 2.45) is 0 Å². The van der Waals surface area contributed by atoms with E-state index in [2.05, 4.69) is 4.98 Å². The van der Waals surface area contributed by atoms with Gasteiger partial charge in [-0.3, -0.25) is 0 Å². The summed E-state index contributed by atoms with van der Waals surface area (Å²) in [4.78, 5) is 14.5. The molecule has 0 fully saturated rings. The first-order valence-corrected chi connectivity index (χ1v) is 4.60. The van der Waals surface area contributed by atoms with Crippen molar-refractivity contribution in [3.63, 3.8) is 0 Å². The van der Waals surface area contributed by atoms with Crippen molar-refractivity contribution in [2.45, 2.75) is 13.8 Å². The van der Waals surface area contributed by atoms with Gasteiger partial charge in [-0.1, -0.05) is 0 Å². The molecule has 0 aliphatic carbocycles. The standard InChI is InChI=1S/C11H12FNO2/c1-3-15-11(14)5-4-9-6-10(12)13-7-8(9)2/h4-7H,3H2,1-2H3. The van der Waals surface area contributed by atoms with E-state index in [1.54, 1.807) is 13.8 Å². The van der Waals surface area contributed by atoms with Gasteiger partial charge in [0.2, 0.25) is 5.95 Å². The zero-order valence-electron chi connectivity index (χ0n) is 8.66. The molecule has 80 valence electrons. The summed E-state index contributed by atoms with van der Waals surface area (Å²) >= 11 is 0. The summed E-state index contributed by atoms with van der Waals surface area (Å²) in [6, 6.07) is 1.27. The lowest BCUT2D eigenvalue weighted by molar-refractivity contribution is -0.137. The van der Waals surface area contributed by atoms with Crippen LogP contribution in [0.3, 0.4) is 0 Å². The number of esters is 1. The lowest BCUT2D eigenvalue weighted by atomic mass is 10.1. The molecule has 0 aliphatic heterocycles. The van der Waals surface area contributed by atoms with Gasteiger partial charge in [0, 0.05) is 18.3 Å². The second-order valence-corrected chi connectivity index (χ2v) is 2.95. The molecule has 0 bridgehead atoms. The minimum atomic E-state index is -0.566. The van der Waals surface area contributed by atoms with Gasteiger partial charge in [-0.2, -0.15) is 4.39 Å². The lowest BCUT2D eigenvalue weighted by Gasteiger charge is -1.99. The van der Waals surface area contributed by atoms with Gasteiger partial charge in [0.1, 0.15) is 0 Å². The van der Waals surface area contributed by atoms with Crippen molar-refractivity contribution in [1.82, 2.24) is 4.98 Å². The number of hydrogen-bond acceptors (Lipinski definition) is 3. The summed E-state index contributed by atoms with van der Waals surface area (Å²) in [7, 11) is 0. The van der Waals surface area contributed by atoms with E-state index in [1.807, 2.05) is 0 Å². The Morgan fingerprint density at radius 2 is 2.40 bits per heavy atom.